The molecule has 0 aromatic carbocycles. The average molecular weight is 204 g/mol. The van der Waals surface area contributed by atoms with E-state index in [0.29, 0.717) is 13.2 Å². The molecule has 0 radical (unpaired) electrons. The van der Waals surface area contributed by atoms with Gasteiger partial charge in [-0.2, -0.15) is 0 Å². The summed E-state index contributed by atoms with van der Waals surface area (Å²) < 4.78 is 20.7. The predicted octanol–water partition coefficient (Wildman–Crippen LogP) is -0.0217. The first-order valence-electron chi connectivity index (χ1n) is 4.49. The maximum absolute atomic E-state index is 10.9. The molecule has 0 amide bonds. The Balaban J connectivity index is 2.62. The first-order valence-corrected chi connectivity index (χ1v) is 4.49. The summed E-state index contributed by atoms with van der Waals surface area (Å²) in [6.07, 6.45) is -0.883. The van der Waals surface area contributed by atoms with Crippen molar-refractivity contribution in [3.63, 3.8) is 0 Å². The van der Waals surface area contributed by atoms with E-state index in [4.69, 9.17) is 18.9 Å². The van der Waals surface area contributed by atoms with Crippen LogP contribution in [0.25, 0.3) is 0 Å². The van der Waals surface area contributed by atoms with E-state index >= 15 is 0 Å². The number of ether oxygens (including phenoxy) is 4. The molecule has 1 fully saturated rings. The van der Waals surface area contributed by atoms with Gasteiger partial charge >= 0.3 is 5.97 Å². The molecule has 0 spiro atoms. The first kappa shape index (κ1) is 11.4. The molecule has 1 aliphatic rings. The van der Waals surface area contributed by atoms with Crippen molar-refractivity contribution < 1.29 is 23.7 Å². The zero-order chi connectivity index (χ0) is 10.6. The van der Waals surface area contributed by atoms with Crippen LogP contribution in [0.2, 0.25) is 0 Å². The second-order valence-corrected chi connectivity index (χ2v) is 3.16. The van der Waals surface area contributed by atoms with Crippen molar-refractivity contribution in [2.24, 2.45) is 0 Å². The molecule has 0 bridgehead atoms. The van der Waals surface area contributed by atoms with E-state index in [1.54, 1.807) is 14.2 Å². The Morgan fingerprint density at radius 3 is 2.07 bits per heavy atom. The molecule has 14 heavy (non-hydrogen) atoms. The van der Waals surface area contributed by atoms with Crippen LogP contribution in [0.3, 0.4) is 0 Å². The van der Waals surface area contributed by atoms with Gasteiger partial charge in [-0.3, -0.25) is 4.79 Å². The Hall–Kier alpha value is -0.650. The highest BCUT2D eigenvalue weighted by Gasteiger charge is 2.36. The van der Waals surface area contributed by atoms with E-state index in [-0.39, 0.29) is 24.3 Å². The minimum Gasteiger partial charge on any atom is -0.457 e. The maximum atomic E-state index is 10.9. The standard InChI is InChI=1S/C9H16O5/c1-6(10)14-9-7(11-2)4-13-5-8(9)12-3/h7-9H,4-5H2,1-3H3. The smallest absolute Gasteiger partial charge is 0.303 e. The molecule has 1 heterocycles. The van der Waals surface area contributed by atoms with Gasteiger partial charge in [0.25, 0.3) is 0 Å². The van der Waals surface area contributed by atoms with Crippen molar-refractivity contribution in [1.29, 1.82) is 0 Å². The minimum absolute atomic E-state index is 0.252. The molecule has 0 N–H and O–H groups in total. The summed E-state index contributed by atoms with van der Waals surface area (Å²) in [5.41, 5.74) is 0. The molecule has 0 aromatic rings. The summed E-state index contributed by atoms with van der Waals surface area (Å²) >= 11 is 0. The third kappa shape index (κ3) is 2.67. The molecule has 1 saturated heterocycles. The molecule has 5 heteroatoms. The Kier molecular flexibility index (Phi) is 4.31. The number of carbonyl (C=O) groups is 1. The molecule has 0 aliphatic carbocycles. The van der Waals surface area contributed by atoms with E-state index in [1.807, 2.05) is 0 Å². The van der Waals surface area contributed by atoms with Crippen molar-refractivity contribution in [2.45, 2.75) is 25.2 Å². The minimum atomic E-state index is -0.378. The van der Waals surface area contributed by atoms with Gasteiger partial charge in [-0.1, -0.05) is 0 Å². The zero-order valence-corrected chi connectivity index (χ0v) is 8.69. The number of hydrogen-bond donors (Lipinski definition) is 0. The molecule has 0 aromatic heterocycles. The number of esters is 1. The third-order valence-corrected chi connectivity index (χ3v) is 2.20. The van der Waals surface area contributed by atoms with Crippen molar-refractivity contribution in [2.75, 3.05) is 27.4 Å². The molecule has 2 unspecified atom stereocenters. The quantitative estimate of drug-likeness (QED) is 0.605. The van der Waals surface area contributed by atoms with Crippen LogP contribution in [-0.2, 0) is 23.7 Å². The van der Waals surface area contributed by atoms with Gasteiger partial charge in [-0.25, -0.2) is 0 Å². The summed E-state index contributed by atoms with van der Waals surface area (Å²) in [5, 5.41) is 0. The summed E-state index contributed by atoms with van der Waals surface area (Å²) in [7, 11) is 3.12. The van der Waals surface area contributed by atoms with Gasteiger partial charge in [0.05, 0.1) is 13.2 Å². The van der Waals surface area contributed by atoms with Crippen LogP contribution < -0.4 is 0 Å². The van der Waals surface area contributed by atoms with Gasteiger partial charge in [-0.05, 0) is 0 Å². The number of rotatable bonds is 3. The van der Waals surface area contributed by atoms with E-state index in [0.717, 1.165) is 0 Å². The van der Waals surface area contributed by atoms with Crippen LogP contribution in [0, 0.1) is 0 Å². The van der Waals surface area contributed by atoms with Gasteiger partial charge in [0.2, 0.25) is 0 Å². The highest BCUT2D eigenvalue weighted by molar-refractivity contribution is 5.66. The fraction of sp³-hybridized carbons (Fsp3) is 0.889. The normalized spacial score (nSPS) is 32.6. The largest absolute Gasteiger partial charge is 0.457 e. The fourth-order valence-corrected chi connectivity index (χ4v) is 1.48. The molecule has 1 aliphatic heterocycles. The van der Waals surface area contributed by atoms with E-state index < -0.39 is 0 Å². The van der Waals surface area contributed by atoms with E-state index in [2.05, 4.69) is 0 Å². The lowest BCUT2D eigenvalue weighted by Gasteiger charge is -2.35. The van der Waals surface area contributed by atoms with Crippen molar-refractivity contribution in [1.82, 2.24) is 0 Å². The van der Waals surface area contributed by atoms with E-state index in [9.17, 15) is 4.79 Å². The van der Waals surface area contributed by atoms with Gasteiger partial charge in [0, 0.05) is 21.1 Å². The SMILES string of the molecule is COC1COCC(OC)C1OC(C)=O. The van der Waals surface area contributed by atoms with Gasteiger partial charge in [-0.15, -0.1) is 0 Å². The highest BCUT2D eigenvalue weighted by Crippen LogP contribution is 2.17. The third-order valence-electron chi connectivity index (χ3n) is 2.20. The van der Waals surface area contributed by atoms with Crippen LogP contribution in [0.4, 0.5) is 0 Å². The lowest BCUT2D eigenvalue weighted by Crippen LogP contribution is -2.51. The second kappa shape index (κ2) is 5.29. The maximum Gasteiger partial charge on any atom is 0.303 e. The lowest BCUT2D eigenvalue weighted by molar-refractivity contribution is -0.196. The van der Waals surface area contributed by atoms with Gasteiger partial charge in [0.1, 0.15) is 12.2 Å². The molecule has 82 valence electrons. The van der Waals surface area contributed by atoms with Gasteiger partial charge < -0.3 is 18.9 Å². The fourth-order valence-electron chi connectivity index (χ4n) is 1.48. The van der Waals surface area contributed by atoms with Gasteiger partial charge in [0.15, 0.2) is 6.10 Å². The monoisotopic (exact) mass is 204 g/mol. The van der Waals surface area contributed by atoms with Crippen molar-refractivity contribution in [3.8, 4) is 0 Å². The van der Waals surface area contributed by atoms with Crippen LogP contribution in [0.5, 0.6) is 0 Å². The molecule has 5 nitrogen and oxygen atoms in total. The Morgan fingerprint density at radius 1 is 1.21 bits per heavy atom. The lowest BCUT2D eigenvalue weighted by atomic mass is 10.1. The molecular weight excluding hydrogens is 188 g/mol. The van der Waals surface area contributed by atoms with Crippen LogP contribution in [0.15, 0.2) is 0 Å². The Bertz CT molecular complexity index is 182. The topological polar surface area (TPSA) is 54.0 Å². The second-order valence-electron chi connectivity index (χ2n) is 3.16. The molecule has 1 rings (SSSR count). The molecule has 2 atom stereocenters. The van der Waals surface area contributed by atoms with Crippen molar-refractivity contribution >= 4 is 5.97 Å². The average Bonchev–Trinajstić information content (AvgIpc) is 2.17. The Labute approximate surface area is 83.3 Å². The summed E-state index contributed by atoms with van der Waals surface area (Å²) in [6.45, 7) is 2.22. The summed E-state index contributed by atoms with van der Waals surface area (Å²) in [5.74, 6) is -0.332. The zero-order valence-electron chi connectivity index (χ0n) is 8.69. The summed E-state index contributed by atoms with van der Waals surface area (Å²) in [4.78, 5) is 10.9. The summed E-state index contributed by atoms with van der Waals surface area (Å²) in [6, 6.07) is 0. The predicted molar refractivity (Wildman–Crippen MR) is 48.0 cm³/mol. The van der Waals surface area contributed by atoms with E-state index in [1.165, 1.54) is 6.92 Å². The Morgan fingerprint density at radius 2 is 1.71 bits per heavy atom. The van der Waals surface area contributed by atoms with Crippen LogP contribution >= 0.6 is 0 Å². The molecule has 0 saturated carbocycles. The van der Waals surface area contributed by atoms with Crippen LogP contribution in [-0.4, -0.2) is 51.7 Å². The molecular formula is C9H16O5. The number of methoxy groups -OCH3 is 2. The van der Waals surface area contributed by atoms with Crippen molar-refractivity contribution in [3.05, 3.63) is 0 Å². The highest BCUT2D eigenvalue weighted by atomic mass is 16.6. The number of hydrogen-bond acceptors (Lipinski definition) is 5. The number of carbonyl (C=O) groups excluding carboxylic acids is 1. The van der Waals surface area contributed by atoms with Crippen LogP contribution in [0.1, 0.15) is 6.92 Å². The first-order chi connectivity index (χ1) is 6.69.